The van der Waals surface area contributed by atoms with Crippen molar-refractivity contribution >= 4 is 17.0 Å². The van der Waals surface area contributed by atoms with Crippen LogP contribution in [0.2, 0.25) is 0 Å². The molecule has 0 fully saturated rings. The Morgan fingerprint density at radius 1 is 1.27 bits per heavy atom. The third kappa shape index (κ3) is 2.46. The van der Waals surface area contributed by atoms with Crippen LogP contribution in [0.4, 0.5) is 0 Å². The van der Waals surface area contributed by atoms with Crippen LogP contribution in [0.5, 0.6) is 11.5 Å². The Labute approximate surface area is 126 Å². The van der Waals surface area contributed by atoms with Gasteiger partial charge in [0, 0.05) is 5.56 Å². The summed E-state index contributed by atoms with van der Waals surface area (Å²) >= 11 is 0. The topological polar surface area (TPSA) is 95.4 Å². The summed E-state index contributed by atoms with van der Waals surface area (Å²) in [6, 6.07) is 9.65. The van der Waals surface area contributed by atoms with Crippen LogP contribution in [0.1, 0.15) is 17.3 Å². The molecular formula is C16H14N2O4. The number of benzene rings is 2. The molecule has 0 saturated carbocycles. The van der Waals surface area contributed by atoms with E-state index in [9.17, 15) is 9.90 Å². The van der Waals surface area contributed by atoms with Gasteiger partial charge in [-0.15, -0.1) is 0 Å². The first-order chi connectivity index (χ1) is 10.6. The third-order valence-electron chi connectivity index (χ3n) is 3.26. The lowest BCUT2D eigenvalue weighted by atomic mass is 10.2. The van der Waals surface area contributed by atoms with Gasteiger partial charge >= 0.3 is 5.97 Å². The van der Waals surface area contributed by atoms with E-state index in [0.717, 1.165) is 5.56 Å². The molecule has 3 rings (SSSR count). The maximum Gasteiger partial charge on any atom is 0.335 e. The fraction of sp³-hybridized carbons (Fsp3) is 0.125. The Kier molecular flexibility index (Phi) is 3.42. The fourth-order valence-corrected chi connectivity index (χ4v) is 2.21. The van der Waals surface area contributed by atoms with E-state index in [2.05, 4.69) is 9.97 Å². The molecule has 6 heteroatoms. The summed E-state index contributed by atoms with van der Waals surface area (Å²) in [4.78, 5) is 18.5. The molecule has 3 N–H and O–H groups in total. The van der Waals surface area contributed by atoms with Crippen molar-refractivity contribution in [1.82, 2.24) is 9.97 Å². The predicted octanol–water partition coefficient (Wildman–Crippen LogP) is 3.03. The van der Waals surface area contributed by atoms with Gasteiger partial charge in [0.1, 0.15) is 5.82 Å². The van der Waals surface area contributed by atoms with Crippen LogP contribution < -0.4 is 4.74 Å². The minimum Gasteiger partial charge on any atom is -0.504 e. The van der Waals surface area contributed by atoms with Crippen LogP contribution in [0, 0.1) is 0 Å². The predicted molar refractivity (Wildman–Crippen MR) is 81.3 cm³/mol. The van der Waals surface area contributed by atoms with Crippen molar-refractivity contribution in [2.45, 2.75) is 6.92 Å². The molecule has 1 aromatic heterocycles. The van der Waals surface area contributed by atoms with Crippen LogP contribution in [-0.4, -0.2) is 32.8 Å². The molecule has 0 saturated heterocycles. The van der Waals surface area contributed by atoms with E-state index in [1.165, 1.54) is 18.2 Å². The molecule has 0 aliphatic heterocycles. The number of carboxylic acid groups (broad SMARTS) is 1. The molecule has 0 atom stereocenters. The summed E-state index contributed by atoms with van der Waals surface area (Å²) in [5, 5.41) is 18.7. The number of fused-ring (bicyclic) bond motifs is 1. The highest BCUT2D eigenvalue weighted by Crippen LogP contribution is 2.31. The number of rotatable bonds is 4. The number of hydrogen-bond donors (Lipinski definition) is 3. The summed E-state index contributed by atoms with van der Waals surface area (Å²) in [7, 11) is 0. The molecule has 0 aliphatic rings. The number of phenolic OH excluding ortho intramolecular Hbond substituents is 1. The monoisotopic (exact) mass is 298 g/mol. The molecule has 22 heavy (non-hydrogen) atoms. The Morgan fingerprint density at radius 3 is 2.82 bits per heavy atom. The second-order valence-corrected chi connectivity index (χ2v) is 4.74. The van der Waals surface area contributed by atoms with Gasteiger partial charge in [0.15, 0.2) is 11.5 Å². The van der Waals surface area contributed by atoms with E-state index in [1.54, 1.807) is 18.2 Å². The van der Waals surface area contributed by atoms with Crippen LogP contribution in [-0.2, 0) is 0 Å². The number of imidazole rings is 1. The third-order valence-corrected chi connectivity index (χ3v) is 3.26. The maximum atomic E-state index is 11.0. The zero-order valence-corrected chi connectivity index (χ0v) is 11.8. The van der Waals surface area contributed by atoms with E-state index < -0.39 is 5.97 Å². The highest BCUT2D eigenvalue weighted by molar-refractivity contribution is 5.93. The van der Waals surface area contributed by atoms with Crippen LogP contribution in [0.3, 0.4) is 0 Å². The highest BCUT2D eigenvalue weighted by Gasteiger charge is 2.11. The molecule has 6 nitrogen and oxygen atoms in total. The first-order valence-electron chi connectivity index (χ1n) is 6.77. The number of carboxylic acids is 1. The van der Waals surface area contributed by atoms with Crippen LogP contribution >= 0.6 is 0 Å². The number of carbonyl (C=O) groups is 1. The van der Waals surface area contributed by atoms with Crippen molar-refractivity contribution in [2.24, 2.45) is 0 Å². The Hall–Kier alpha value is -3.02. The quantitative estimate of drug-likeness (QED) is 0.688. The molecule has 0 radical (unpaired) electrons. The minimum absolute atomic E-state index is 0.0647. The molecule has 0 amide bonds. The molecular weight excluding hydrogens is 284 g/mol. The van der Waals surface area contributed by atoms with E-state index in [1.807, 2.05) is 6.92 Å². The Bertz CT molecular complexity index is 854. The number of H-pyrrole nitrogens is 1. The lowest BCUT2D eigenvalue weighted by Gasteiger charge is -2.06. The Morgan fingerprint density at radius 2 is 2.09 bits per heavy atom. The molecule has 0 spiro atoms. The number of phenols is 1. The molecule has 0 unspecified atom stereocenters. The van der Waals surface area contributed by atoms with Gasteiger partial charge in [-0.2, -0.15) is 0 Å². The first kappa shape index (κ1) is 13.9. The van der Waals surface area contributed by atoms with Gasteiger partial charge in [0.2, 0.25) is 0 Å². The van der Waals surface area contributed by atoms with Crippen molar-refractivity contribution in [2.75, 3.05) is 6.61 Å². The van der Waals surface area contributed by atoms with Crippen molar-refractivity contribution in [1.29, 1.82) is 0 Å². The smallest absolute Gasteiger partial charge is 0.335 e. The Balaban J connectivity index is 2.06. The molecule has 112 valence electrons. The van der Waals surface area contributed by atoms with Gasteiger partial charge in [0.25, 0.3) is 0 Å². The summed E-state index contributed by atoms with van der Waals surface area (Å²) in [6.45, 7) is 2.28. The lowest BCUT2D eigenvalue weighted by Crippen LogP contribution is -1.94. The van der Waals surface area contributed by atoms with E-state index in [-0.39, 0.29) is 11.3 Å². The normalized spacial score (nSPS) is 10.8. The number of aromatic hydroxyl groups is 1. The van der Waals surface area contributed by atoms with Crippen molar-refractivity contribution in [3.63, 3.8) is 0 Å². The number of aromatic amines is 1. The fourth-order valence-electron chi connectivity index (χ4n) is 2.21. The molecule has 0 aliphatic carbocycles. The number of aromatic carboxylic acids is 1. The average Bonchev–Trinajstić information content (AvgIpc) is 2.92. The molecule has 1 heterocycles. The minimum atomic E-state index is -0.985. The van der Waals surface area contributed by atoms with Gasteiger partial charge in [-0.25, -0.2) is 9.78 Å². The van der Waals surface area contributed by atoms with Gasteiger partial charge < -0.3 is 19.9 Å². The largest absolute Gasteiger partial charge is 0.504 e. The number of nitrogens with zero attached hydrogens (tertiary/aromatic N) is 1. The summed E-state index contributed by atoms with van der Waals surface area (Å²) in [5.74, 6) is 0.0429. The van der Waals surface area contributed by atoms with E-state index in [4.69, 9.17) is 9.84 Å². The van der Waals surface area contributed by atoms with Crippen molar-refractivity contribution < 1.29 is 19.7 Å². The molecule has 2 aromatic carbocycles. The van der Waals surface area contributed by atoms with E-state index >= 15 is 0 Å². The average molecular weight is 298 g/mol. The number of hydrogen-bond acceptors (Lipinski definition) is 4. The summed E-state index contributed by atoms with van der Waals surface area (Å²) < 4.78 is 5.35. The lowest BCUT2D eigenvalue weighted by molar-refractivity contribution is 0.0697. The number of aromatic nitrogens is 2. The van der Waals surface area contributed by atoms with Crippen molar-refractivity contribution in [3.05, 3.63) is 42.0 Å². The summed E-state index contributed by atoms with van der Waals surface area (Å²) in [6.07, 6.45) is 0. The second kappa shape index (κ2) is 5.40. The van der Waals surface area contributed by atoms with Crippen LogP contribution in [0.25, 0.3) is 22.4 Å². The van der Waals surface area contributed by atoms with E-state index in [0.29, 0.717) is 29.2 Å². The maximum absolute atomic E-state index is 11.0. The van der Waals surface area contributed by atoms with Gasteiger partial charge in [-0.05, 0) is 43.3 Å². The van der Waals surface area contributed by atoms with Gasteiger partial charge in [-0.1, -0.05) is 0 Å². The zero-order chi connectivity index (χ0) is 15.7. The molecule has 3 aromatic rings. The number of nitrogens with one attached hydrogen (secondary N) is 1. The van der Waals surface area contributed by atoms with Gasteiger partial charge in [-0.3, -0.25) is 0 Å². The zero-order valence-electron chi connectivity index (χ0n) is 11.8. The SMILES string of the molecule is CCOc1cc(-c2nc3ccc(C(=O)O)cc3[nH]2)ccc1O. The highest BCUT2D eigenvalue weighted by atomic mass is 16.5. The summed E-state index contributed by atoms with van der Waals surface area (Å²) in [5.41, 5.74) is 2.25. The second-order valence-electron chi connectivity index (χ2n) is 4.74. The number of ether oxygens (including phenoxy) is 1. The molecule has 0 bridgehead atoms. The van der Waals surface area contributed by atoms with Crippen molar-refractivity contribution in [3.8, 4) is 22.9 Å². The first-order valence-corrected chi connectivity index (χ1v) is 6.77. The van der Waals surface area contributed by atoms with Crippen LogP contribution in [0.15, 0.2) is 36.4 Å². The van der Waals surface area contributed by atoms with Gasteiger partial charge in [0.05, 0.1) is 23.2 Å². The standard InChI is InChI=1S/C16H14N2O4/c1-2-22-14-8-9(4-6-13(14)19)15-17-11-5-3-10(16(20)21)7-12(11)18-15/h3-8,19H,2H2,1H3,(H,17,18)(H,20,21).